The van der Waals surface area contributed by atoms with Crippen molar-refractivity contribution in [2.75, 3.05) is 18.0 Å². The Morgan fingerprint density at radius 2 is 1.60 bits per heavy atom. The largest absolute Gasteiger partial charge is 0.444 e. The average Bonchev–Trinajstić information content (AvgIpc) is 2.69. The monoisotopic (exact) mass is 474 g/mol. The van der Waals surface area contributed by atoms with Crippen molar-refractivity contribution in [1.82, 2.24) is 4.90 Å². The van der Waals surface area contributed by atoms with E-state index in [1.807, 2.05) is 82.3 Å². The Hall–Kier alpha value is -2.34. The summed E-state index contributed by atoms with van der Waals surface area (Å²) in [5.74, 6) is -0.0459. The SMILES string of the molecule is CCCN(CCC(=O)N(Cc1ccccc1)c1ccccc1Br)C(=O)OC(C)(C)C. The van der Waals surface area contributed by atoms with Crippen LogP contribution in [0.5, 0.6) is 0 Å². The Morgan fingerprint density at radius 1 is 0.967 bits per heavy atom. The van der Waals surface area contributed by atoms with Crippen LogP contribution in [0.4, 0.5) is 10.5 Å². The van der Waals surface area contributed by atoms with Gasteiger partial charge in [0.15, 0.2) is 0 Å². The molecule has 0 N–H and O–H groups in total. The van der Waals surface area contributed by atoms with E-state index in [-0.39, 0.29) is 18.4 Å². The lowest BCUT2D eigenvalue weighted by Gasteiger charge is -2.29. The normalized spacial score (nSPS) is 11.1. The zero-order chi connectivity index (χ0) is 22.1. The summed E-state index contributed by atoms with van der Waals surface area (Å²) < 4.78 is 6.35. The molecule has 0 atom stereocenters. The molecule has 2 aromatic carbocycles. The fourth-order valence-corrected chi connectivity index (χ4v) is 3.50. The van der Waals surface area contributed by atoms with E-state index in [0.29, 0.717) is 19.6 Å². The second-order valence-corrected chi connectivity index (χ2v) is 8.99. The first-order valence-electron chi connectivity index (χ1n) is 10.3. The highest BCUT2D eigenvalue weighted by Gasteiger charge is 2.24. The minimum atomic E-state index is -0.568. The Bertz CT molecular complexity index is 834. The molecule has 0 heterocycles. The van der Waals surface area contributed by atoms with Gasteiger partial charge >= 0.3 is 6.09 Å². The first-order valence-corrected chi connectivity index (χ1v) is 11.1. The summed E-state index contributed by atoms with van der Waals surface area (Å²) in [6.45, 7) is 8.86. The van der Waals surface area contributed by atoms with Crippen molar-refractivity contribution in [2.24, 2.45) is 0 Å². The van der Waals surface area contributed by atoms with E-state index in [9.17, 15) is 9.59 Å². The maximum absolute atomic E-state index is 13.2. The molecule has 0 fully saturated rings. The molecule has 0 bridgehead atoms. The average molecular weight is 475 g/mol. The summed E-state index contributed by atoms with van der Waals surface area (Å²) in [4.78, 5) is 29.1. The molecule has 0 aliphatic carbocycles. The molecule has 2 aromatic rings. The summed E-state index contributed by atoms with van der Waals surface area (Å²) in [6, 6.07) is 17.6. The van der Waals surface area contributed by atoms with Crippen molar-refractivity contribution in [3.05, 3.63) is 64.6 Å². The van der Waals surface area contributed by atoms with Gasteiger partial charge in [0.2, 0.25) is 5.91 Å². The molecule has 6 heteroatoms. The maximum atomic E-state index is 13.2. The molecule has 162 valence electrons. The van der Waals surface area contributed by atoms with Gasteiger partial charge in [0, 0.05) is 24.0 Å². The number of benzene rings is 2. The lowest BCUT2D eigenvalue weighted by Crippen LogP contribution is -2.40. The van der Waals surface area contributed by atoms with Crippen LogP contribution >= 0.6 is 15.9 Å². The molecule has 0 aliphatic heterocycles. The Labute approximate surface area is 188 Å². The van der Waals surface area contributed by atoms with Gasteiger partial charge in [-0.05, 0) is 60.8 Å². The number of hydrogen-bond acceptors (Lipinski definition) is 3. The predicted molar refractivity (Wildman–Crippen MR) is 124 cm³/mol. The fraction of sp³-hybridized carbons (Fsp3) is 0.417. The number of ether oxygens (including phenoxy) is 1. The van der Waals surface area contributed by atoms with Gasteiger partial charge in [0.1, 0.15) is 5.60 Å². The predicted octanol–water partition coefficient (Wildman–Crippen LogP) is 6.02. The third kappa shape index (κ3) is 7.48. The molecular formula is C24H31BrN2O3. The van der Waals surface area contributed by atoms with Gasteiger partial charge < -0.3 is 14.5 Å². The number of carbonyl (C=O) groups is 2. The topological polar surface area (TPSA) is 49.9 Å². The van der Waals surface area contributed by atoms with Crippen LogP contribution < -0.4 is 4.90 Å². The van der Waals surface area contributed by atoms with Crippen LogP contribution in [0.3, 0.4) is 0 Å². The van der Waals surface area contributed by atoms with Crippen molar-refractivity contribution in [2.45, 2.75) is 52.7 Å². The van der Waals surface area contributed by atoms with Crippen molar-refractivity contribution in [1.29, 1.82) is 0 Å². The number of anilines is 1. The number of para-hydroxylation sites is 1. The molecule has 0 radical (unpaired) electrons. The molecule has 0 spiro atoms. The number of carbonyl (C=O) groups excluding carboxylic acids is 2. The van der Waals surface area contributed by atoms with Gasteiger partial charge in [0.05, 0.1) is 12.2 Å². The summed E-state index contributed by atoms with van der Waals surface area (Å²) in [5.41, 5.74) is 1.28. The van der Waals surface area contributed by atoms with E-state index >= 15 is 0 Å². The highest BCUT2D eigenvalue weighted by atomic mass is 79.9. The highest BCUT2D eigenvalue weighted by Crippen LogP contribution is 2.28. The number of nitrogens with zero attached hydrogens (tertiary/aromatic N) is 2. The second-order valence-electron chi connectivity index (χ2n) is 8.13. The number of amides is 2. The van der Waals surface area contributed by atoms with E-state index < -0.39 is 5.60 Å². The molecule has 0 saturated carbocycles. The Morgan fingerprint density at radius 3 is 2.20 bits per heavy atom. The van der Waals surface area contributed by atoms with Gasteiger partial charge in [-0.15, -0.1) is 0 Å². The lowest BCUT2D eigenvalue weighted by molar-refractivity contribution is -0.119. The van der Waals surface area contributed by atoms with Gasteiger partial charge in [0.25, 0.3) is 0 Å². The van der Waals surface area contributed by atoms with Crippen LogP contribution in [0.1, 0.15) is 46.1 Å². The van der Waals surface area contributed by atoms with Crippen LogP contribution in [0.25, 0.3) is 0 Å². The molecule has 0 aliphatic rings. The quantitative estimate of drug-likeness (QED) is 0.469. The Kier molecular flexibility index (Phi) is 8.90. The van der Waals surface area contributed by atoms with Crippen LogP contribution in [-0.4, -0.2) is 35.6 Å². The van der Waals surface area contributed by atoms with E-state index in [0.717, 1.165) is 22.1 Å². The van der Waals surface area contributed by atoms with Crippen molar-refractivity contribution in [3.63, 3.8) is 0 Å². The van der Waals surface area contributed by atoms with Crippen molar-refractivity contribution >= 4 is 33.6 Å². The smallest absolute Gasteiger partial charge is 0.410 e. The molecule has 0 aromatic heterocycles. The van der Waals surface area contributed by atoms with Crippen molar-refractivity contribution in [3.8, 4) is 0 Å². The van der Waals surface area contributed by atoms with Crippen LogP contribution in [0.2, 0.25) is 0 Å². The Balaban J connectivity index is 2.16. The second kappa shape index (κ2) is 11.2. The fourth-order valence-electron chi connectivity index (χ4n) is 3.00. The zero-order valence-electron chi connectivity index (χ0n) is 18.2. The van der Waals surface area contributed by atoms with E-state index in [4.69, 9.17) is 4.74 Å². The lowest BCUT2D eigenvalue weighted by atomic mass is 10.1. The van der Waals surface area contributed by atoms with Crippen LogP contribution in [-0.2, 0) is 16.1 Å². The number of rotatable bonds is 8. The van der Waals surface area contributed by atoms with Gasteiger partial charge in [-0.1, -0.05) is 49.4 Å². The summed E-state index contributed by atoms with van der Waals surface area (Å²) in [7, 11) is 0. The summed E-state index contributed by atoms with van der Waals surface area (Å²) in [5, 5.41) is 0. The molecular weight excluding hydrogens is 444 g/mol. The molecule has 30 heavy (non-hydrogen) atoms. The van der Waals surface area contributed by atoms with Crippen LogP contribution in [0, 0.1) is 0 Å². The molecule has 2 rings (SSSR count). The van der Waals surface area contributed by atoms with E-state index in [1.165, 1.54) is 0 Å². The summed E-state index contributed by atoms with van der Waals surface area (Å²) >= 11 is 3.56. The van der Waals surface area contributed by atoms with Gasteiger partial charge in [-0.2, -0.15) is 0 Å². The van der Waals surface area contributed by atoms with E-state index in [2.05, 4.69) is 15.9 Å². The van der Waals surface area contributed by atoms with Gasteiger partial charge in [-0.25, -0.2) is 4.79 Å². The van der Waals surface area contributed by atoms with E-state index in [1.54, 1.807) is 9.80 Å². The minimum Gasteiger partial charge on any atom is -0.444 e. The first kappa shape index (κ1) is 23.9. The van der Waals surface area contributed by atoms with Gasteiger partial charge in [-0.3, -0.25) is 4.79 Å². The highest BCUT2D eigenvalue weighted by molar-refractivity contribution is 9.10. The zero-order valence-corrected chi connectivity index (χ0v) is 19.8. The third-order valence-corrected chi connectivity index (χ3v) is 5.04. The molecule has 0 saturated heterocycles. The summed E-state index contributed by atoms with van der Waals surface area (Å²) in [6.07, 6.45) is 0.631. The molecule has 5 nitrogen and oxygen atoms in total. The number of halogens is 1. The minimum absolute atomic E-state index is 0.0459. The standard InChI is InChI=1S/C24H31BrN2O3/c1-5-16-26(23(29)30-24(2,3)4)17-15-22(28)27(18-19-11-7-6-8-12-19)21-14-10-9-13-20(21)25/h6-14H,5,15-18H2,1-4H3. The molecule has 0 unspecified atom stereocenters. The third-order valence-electron chi connectivity index (χ3n) is 4.37. The van der Waals surface area contributed by atoms with Crippen LogP contribution in [0.15, 0.2) is 59.1 Å². The maximum Gasteiger partial charge on any atom is 0.410 e. The number of hydrogen-bond donors (Lipinski definition) is 0. The van der Waals surface area contributed by atoms with Crippen molar-refractivity contribution < 1.29 is 14.3 Å². The first-order chi connectivity index (χ1) is 14.2. The molecule has 2 amide bonds.